The fraction of sp³-hybridized carbons (Fsp3) is 0.562. The van der Waals surface area contributed by atoms with Gasteiger partial charge in [0.15, 0.2) is 5.96 Å². The van der Waals surface area contributed by atoms with Crippen molar-refractivity contribution in [2.75, 3.05) is 40.4 Å². The lowest BCUT2D eigenvalue weighted by Gasteiger charge is -2.24. The zero-order valence-electron chi connectivity index (χ0n) is 13.1. The van der Waals surface area contributed by atoms with Crippen molar-refractivity contribution in [2.24, 2.45) is 10.9 Å². The molecule has 1 heterocycles. The van der Waals surface area contributed by atoms with Gasteiger partial charge < -0.3 is 15.0 Å². The monoisotopic (exact) mass is 343 g/mol. The van der Waals surface area contributed by atoms with Crippen LogP contribution in [-0.2, 0) is 11.2 Å². The fourth-order valence-corrected chi connectivity index (χ4v) is 3.24. The van der Waals surface area contributed by atoms with E-state index in [1.54, 1.807) is 7.05 Å². The summed E-state index contributed by atoms with van der Waals surface area (Å²) in [6.07, 6.45) is 1.88. The number of nitrogens with zero attached hydrogens (tertiary/aromatic N) is 2. The van der Waals surface area contributed by atoms with E-state index in [2.05, 4.69) is 22.3 Å². The molecule has 0 bridgehead atoms. The van der Waals surface area contributed by atoms with Crippen LogP contribution < -0.4 is 5.32 Å². The van der Waals surface area contributed by atoms with Crippen molar-refractivity contribution in [1.29, 1.82) is 0 Å². The predicted octanol–water partition coefficient (Wildman–Crippen LogP) is 3.08. The quantitative estimate of drug-likeness (QED) is 0.659. The molecular formula is C16H23Cl2N3O. The molecule has 6 heteroatoms. The summed E-state index contributed by atoms with van der Waals surface area (Å²) in [4.78, 5) is 6.48. The highest BCUT2D eigenvalue weighted by Gasteiger charge is 2.19. The van der Waals surface area contributed by atoms with Gasteiger partial charge in [0.2, 0.25) is 0 Å². The molecule has 0 aromatic heterocycles. The van der Waals surface area contributed by atoms with Crippen molar-refractivity contribution in [1.82, 2.24) is 10.2 Å². The van der Waals surface area contributed by atoms with Crippen molar-refractivity contribution in [3.05, 3.63) is 33.8 Å². The van der Waals surface area contributed by atoms with E-state index >= 15 is 0 Å². The van der Waals surface area contributed by atoms with Gasteiger partial charge in [0.25, 0.3) is 0 Å². The third-order valence-electron chi connectivity index (χ3n) is 3.85. The topological polar surface area (TPSA) is 36.9 Å². The van der Waals surface area contributed by atoms with E-state index in [4.69, 9.17) is 27.9 Å². The first kappa shape index (κ1) is 17.4. The number of halogens is 2. The van der Waals surface area contributed by atoms with Crippen LogP contribution in [0.5, 0.6) is 0 Å². The first-order chi connectivity index (χ1) is 10.6. The molecular weight excluding hydrogens is 321 g/mol. The second kappa shape index (κ2) is 8.61. The first-order valence-corrected chi connectivity index (χ1v) is 8.29. The predicted molar refractivity (Wildman–Crippen MR) is 93.1 cm³/mol. The Kier molecular flexibility index (Phi) is 6.80. The summed E-state index contributed by atoms with van der Waals surface area (Å²) < 4.78 is 5.42. The van der Waals surface area contributed by atoms with Crippen LogP contribution in [0.3, 0.4) is 0 Å². The van der Waals surface area contributed by atoms with Crippen LogP contribution in [0.1, 0.15) is 12.0 Å². The zero-order chi connectivity index (χ0) is 15.9. The molecule has 1 unspecified atom stereocenters. The summed E-state index contributed by atoms with van der Waals surface area (Å²) >= 11 is 12.4. The minimum absolute atomic E-state index is 0.585. The van der Waals surface area contributed by atoms with E-state index in [-0.39, 0.29) is 0 Å². The maximum absolute atomic E-state index is 6.19. The molecule has 22 heavy (non-hydrogen) atoms. The molecule has 0 aliphatic carbocycles. The molecule has 1 N–H and O–H groups in total. The molecule has 0 saturated carbocycles. The van der Waals surface area contributed by atoms with Crippen LogP contribution in [0, 0.1) is 5.92 Å². The van der Waals surface area contributed by atoms with Gasteiger partial charge in [-0.3, -0.25) is 4.99 Å². The van der Waals surface area contributed by atoms with E-state index in [1.165, 1.54) is 0 Å². The minimum atomic E-state index is 0.585. The van der Waals surface area contributed by atoms with Crippen molar-refractivity contribution >= 4 is 29.2 Å². The maximum atomic E-state index is 6.19. The van der Waals surface area contributed by atoms with Gasteiger partial charge in [-0.25, -0.2) is 0 Å². The van der Waals surface area contributed by atoms with Gasteiger partial charge in [-0.15, -0.1) is 0 Å². The summed E-state index contributed by atoms with van der Waals surface area (Å²) in [6, 6.07) is 5.59. The van der Waals surface area contributed by atoms with Crippen molar-refractivity contribution in [2.45, 2.75) is 12.8 Å². The van der Waals surface area contributed by atoms with E-state index in [0.29, 0.717) is 16.0 Å². The van der Waals surface area contributed by atoms with Crippen LogP contribution in [0.25, 0.3) is 0 Å². The lowest BCUT2D eigenvalue weighted by atomic mass is 10.1. The van der Waals surface area contributed by atoms with Crippen LogP contribution in [0.15, 0.2) is 23.2 Å². The summed E-state index contributed by atoms with van der Waals surface area (Å²) in [5.41, 5.74) is 0.973. The molecule has 122 valence electrons. The third-order valence-corrected chi connectivity index (χ3v) is 4.56. The zero-order valence-corrected chi connectivity index (χ0v) is 14.6. The largest absolute Gasteiger partial charge is 0.381 e. The highest BCUT2D eigenvalue weighted by molar-refractivity contribution is 6.35. The minimum Gasteiger partial charge on any atom is -0.381 e. The molecule has 0 radical (unpaired) electrons. The van der Waals surface area contributed by atoms with Gasteiger partial charge in [-0.1, -0.05) is 29.3 Å². The van der Waals surface area contributed by atoms with Gasteiger partial charge in [-0.05, 0) is 30.5 Å². The molecule has 1 atom stereocenters. The molecule has 1 aliphatic rings. The summed E-state index contributed by atoms with van der Waals surface area (Å²) in [7, 11) is 3.85. The van der Waals surface area contributed by atoms with E-state index in [0.717, 1.165) is 50.7 Å². The highest BCUT2D eigenvalue weighted by atomic mass is 35.5. The summed E-state index contributed by atoms with van der Waals surface area (Å²) in [5, 5.41) is 4.78. The second-order valence-corrected chi connectivity index (χ2v) is 6.35. The van der Waals surface area contributed by atoms with Gasteiger partial charge in [0.1, 0.15) is 0 Å². The SMILES string of the molecule is CN=C(NCCc1c(Cl)cccc1Cl)N(C)CC1CCOC1. The van der Waals surface area contributed by atoms with Gasteiger partial charge in [0, 0.05) is 49.8 Å². The Hall–Kier alpha value is -0.970. The maximum Gasteiger partial charge on any atom is 0.193 e. The molecule has 0 spiro atoms. The Balaban J connectivity index is 1.83. The van der Waals surface area contributed by atoms with Gasteiger partial charge in [0.05, 0.1) is 6.61 Å². The normalized spacial score (nSPS) is 18.5. The average Bonchev–Trinajstić information content (AvgIpc) is 2.99. The number of guanidine groups is 1. The fourth-order valence-electron chi connectivity index (χ4n) is 2.66. The number of benzene rings is 1. The van der Waals surface area contributed by atoms with Crippen LogP contribution in [0.2, 0.25) is 10.0 Å². The smallest absolute Gasteiger partial charge is 0.193 e. The molecule has 1 aromatic rings. The van der Waals surface area contributed by atoms with Crippen molar-refractivity contribution in [3.63, 3.8) is 0 Å². The molecule has 2 rings (SSSR count). The molecule has 1 aliphatic heterocycles. The highest BCUT2D eigenvalue weighted by Crippen LogP contribution is 2.24. The van der Waals surface area contributed by atoms with Crippen LogP contribution >= 0.6 is 23.2 Å². The third kappa shape index (κ3) is 4.77. The Bertz CT molecular complexity index is 496. The lowest BCUT2D eigenvalue weighted by Crippen LogP contribution is -2.42. The summed E-state index contributed by atoms with van der Waals surface area (Å²) in [5.74, 6) is 1.47. The number of hydrogen-bond acceptors (Lipinski definition) is 2. The molecule has 4 nitrogen and oxygen atoms in total. The van der Waals surface area contributed by atoms with Gasteiger partial charge in [-0.2, -0.15) is 0 Å². The number of nitrogens with one attached hydrogen (secondary N) is 1. The van der Waals surface area contributed by atoms with Crippen LogP contribution in [-0.4, -0.2) is 51.3 Å². The number of aliphatic imine (C=N–C) groups is 1. The average molecular weight is 344 g/mol. The van der Waals surface area contributed by atoms with E-state index in [1.807, 2.05) is 18.2 Å². The summed E-state index contributed by atoms with van der Waals surface area (Å²) in [6.45, 7) is 3.40. The van der Waals surface area contributed by atoms with E-state index < -0.39 is 0 Å². The Morgan fingerprint density at radius 2 is 2.14 bits per heavy atom. The molecule has 1 fully saturated rings. The first-order valence-electron chi connectivity index (χ1n) is 7.54. The molecule has 1 saturated heterocycles. The van der Waals surface area contributed by atoms with Gasteiger partial charge >= 0.3 is 0 Å². The Labute approximate surface area is 142 Å². The molecule has 1 aromatic carbocycles. The molecule has 0 amide bonds. The van der Waals surface area contributed by atoms with E-state index in [9.17, 15) is 0 Å². The standard InChI is InChI=1S/C16H23Cl2N3O/c1-19-16(21(2)10-12-7-9-22-11-12)20-8-6-13-14(17)4-3-5-15(13)18/h3-5,12H,6-11H2,1-2H3,(H,19,20). The number of rotatable bonds is 5. The van der Waals surface area contributed by atoms with Crippen molar-refractivity contribution < 1.29 is 4.74 Å². The lowest BCUT2D eigenvalue weighted by molar-refractivity contribution is 0.181. The Morgan fingerprint density at radius 1 is 1.41 bits per heavy atom. The number of hydrogen-bond donors (Lipinski definition) is 1. The van der Waals surface area contributed by atoms with Crippen molar-refractivity contribution in [3.8, 4) is 0 Å². The second-order valence-electron chi connectivity index (χ2n) is 5.53. The number of ether oxygens (including phenoxy) is 1. The van der Waals surface area contributed by atoms with Crippen LogP contribution in [0.4, 0.5) is 0 Å². The Morgan fingerprint density at radius 3 is 2.73 bits per heavy atom.